The van der Waals surface area contributed by atoms with Crippen LogP contribution in [-0.2, 0) is 0 Å². The average molecular weight is 278 g/mol. The molecule has 4 heteroatoms. The van der Waals surface area contributed by atoms with E-state index in [1.165, 1.54) is 12.1 Å². The highest BCUT2D eigenvalue weighted by molar-refractivity contribution is 6.35. The lowest BCUT2D eigenvalue weighted by molar-refractivity contribution is 0.103. The number of benzene rings is 2. The van der Waals surface area contributed by atoms with Crippen molar-refractivity contribution < 1.29 is 9.18 Å². The van der Waals surface area contributed by atoms with Crippen LogP contribution in [0.1, 0.15) is 27.0 Å². The number of carbonyl (C=O) groups is 1. The molecule has 2 nitrogen and oxygen atoms in total. The Morgan fingerprint density at radius 3 is 2.42 bits per heavy atom. The molecule has 0 saturated carbocycles. The van der Waals surface area contributed by atoms with E-state index < -0.39 is 5.82 Å². The summed E-state index contributed by atoms with van der Waals surface area (Å²) in [6.07, 6.45) is 0. The van der Waals surface area contributed by atoms with Gasteiger partial charge in [0.15, 0.2) is 5.78 Å². The standard InChI is InChI=1S/C15H13ClFNO/c1-8-5-11(12(16)6-9(8)2)15(19)10-3-4-14(18)13(17)7-10/h3-7H,18H2,1-2H3. The van der Waals surface area contributed by atoms with Crippen LogP contribution in [-0.4, -0.2) is 5.78 Å². The SMILES string of the molecule is Cc1cc(Cl)c(C(=O)c2ccc(N)c(F)c2)cc1C. The molecule has 0 heterocycles. The van der Waals surface area contributed by atoms with Crippen LogP contribution in [0.4, 0.5) is 10.1 Å². The lowest BCUT2D eigenvalue weighted by atomic mass is 9.99. The van der Waals surface area contributed by atoms with Crippen molar-refractivity contribution in [2.75, 3.05) is 5.73 Å². The van der Waals surface area contributed by atoms with Crippen LogP contribution < -0.4 is 5.73 Å². The Hall–Kier alpha value is -1.87. The second-order valence-corrected chi connectivity index (χ2v) is 4.89. The van der Waals surface area contributed by atoms with Gasteiger partial charge in [-0.2, -0.15) is 0 Å². The highest BCUT2D eigenvalue weighted by Gasteiger charge is 2.15. The minimum absolute atomic E-state index is 0.0164. The van der Waals surface area contributed by atoms with E-state index in [-0.39, 0.29) is 17.0 Å². The van der Waals surface area contributed by atoms with Crippen molar-refractivity contribution in [3.05, 3.63) is 63.4 Å². The molecule has 0 aliphatic heterocycles. The van der Waals surface area contributed by atoms with Crippen molar-refractivity contribution in [1.29, 1.82) is 0 Å². The van der Waals surface area contributed by atoms with Crippen LogP contribution in [0.5, 0.6) is 0 Å². The fourth-order valence-corrected chi connectivity index (χ4v) is 2.08. The minimum atomic E-state index is -0.606. The zero-order chi connectivity index (χ0) is 14.2. The number of hydrogen-bond donors (Lipinski definition) is 1. The first-order valence-electron chi connectivity index (χ1n) is 5.76. The number of rotatable bonds is 2. The van der Waals surface area contributed by atoms with Crippen molar-refractivity contribution in [2.45, 2.75) is 13.8 Å². The second-order valence-electron chi connectivity index (χ2n) is 4.48. The molecule has 98 valence electrons. The molecule has 0 spiro atoms. The monoisotopic (exact) mass is 277 g/mol. The predicted molar refractivity (Wildman–Crippen MR) is 75.2 cm³/mol. The van der Waals surface area contributed by atoms with Gasteiger partial charge in [-0.25, -0.2) is 4.39 Å². The third-order valence-electron chi connectivity index (χ3n) is 3.09. The molecular formula is C15H13ClFNO. The smallest absolute Gasteiger partial charge is 0.194 e. The maximum absolute atomic E-state index is 13.4. The first kappa shape index (κ1) is 13.6. The summed E-state index contributed by atoms with van der Waals surface area (Å²) in [6, 6.07) is 7.44. The Morgan fingerprint density at radius 1 is 1.16 bits per heavy atom. The summed E-state index contributed by atoms with van der Waals surface area (Å²) >= 11 is 6.08. The average Bonchev–Trinajstić information content (AvgIpc) is 2.36. The molecule has 2 rings (SSSR count). The van der Waals surface area contributed by atoms with Gasteiger partial charge in [-0.05, 0) is 55.3 Å². The van der Waals surface area contributed by atoms with Crippen LogP contribution >= 0.6 is 11.6 Å². The molecule has 2 aromatic rings. The molecule has 0 aliphatic rings. The first-order chi connectivity index (χ1) is 8.90. The summed E-state index contributed by atoms with van der Waals surface area (Å²) in [7, 11) is 0. The van der Waals surface area contributed by atoms with E-state index in [0.717, 1.165) is 17.2 Å². The van der Waals surface area contributed by atoms with Crippen LogP contribution in [0.2, 0.25) is 5.02 Å². The molecule has 0 fully saturated rings. The number of hydrogen-bond acceptors (Lipinski definition) is 2. The summed E-state index contributed by atoms with van der Waals surface area (Å²) in [6.45, 7) is 3.81. The van der Waals surface area contributed by atoms with Gasteiger partial charge < -0.3 is 5.73 Å². The van der Waals surface area contributed by atoms with Crippen molar-refractivity contribution in [3.63, 3.8) is 0 Å². The summed E-state index contributed by atoms with van der Waals surface area (Å²) in [5, 5.41) is 0.366. The number of halogens is 2. The summed E-state index contributed by atoms with van der Waals surface area (Å²) in [5.74, 6) is -0.919. The zero-order valence-corrected chi connectivity index (χ0v) is 11.4. The van der Waals surface area contributed by atoms with Gasteiger partial charge in [0.1, 0.15) is 5.82 Å². The normalized spacial score (nSPS) is 10.5. The molecule has 0 radical (unpaired) electrons. The lowest BCUT2D eigenvalue weighted by Crippen LogP contribution is -2.05. The Kier molecular flexibility index (Phi) is 3.58. The lowest BCUT2D eigenvalue weighted by Gasteiger charge is -2.08. The zero-order valence-electron chi connectivity index (χ0n) is 10.6. The van der Waals surface area contributed by atoms with Crippen LogP contribution in [0.3, 0.4) is 0 Å². The number of nitrogens with two attached hydrogens (primary N) is 1. The molecule has 0 amide bonds. The third kappa shape index (κ3) is 2.61. The Bertz CT molecular complexity index is 667. The quantitative estimate of drug-likeness (QED) is 0.668. The number of carbonyl (C=O) groups excluding carboxylic acids is 1. The highest BCUT2D eigenvalue weighted by atomic mass is 35.5. The van der Waals surface area contributed by atoms with E-state index in [0.29, 0.717) is 10.6 Å². The largest absolute Gasteiger partial charge is 0.396 e. The van der Waals surface area contributed by atoms with Gasteiger partial charge in [-0.1, -0.05) is 11.6 Å². The van der Waals surface area contributed by atoms with Gasteiger partial charge in [0, 0.05) is 11.1 Å². The maximum Gasteiger partial charge on any atom is 0.194 e. The van der Waals surface area contributed by atoms with Gasteiger partial charge >= 0.3 is 0 Å². The van der Waals surface area contributed by atoms with Gasteiger partial charge in [0.05, 0.1) is 10.7 Å². The number of anilines is 1. The summed E-state index contributed by atoms with van der Waals surface area (Å²) in [4.78, 5) is 12.3. The summed E-state index contributed by atoms with van der Waals surface area (Å²) < 4.78 is 13.4. The first-order valence-corrected chi connectivity index (χ1v) is 6.14. The van der Waals surface area contributed by atoms with Gasteiger partial charge in [0.25, 0.3) is 0 Å². The molecule has 2 aromatic carbocycles. The van der Waals surface area contributed by atoms with Crippen LogP contribution in [0.25, 0.3) is 0 Å². The Labute approximate surface area is 116 Å². The van der Waals surface area contributed by atoms with E-state index in [2.05, 4.69) is 0 Å². The maximum atomic E-state index is 13.4. The van der Waals surface area contributed by atoms with Crippen molar-refractivity contribution in [3.8, 4) is 0 Å². The van der Waals surface area contributed by atoms with Crippen molar-refractivity contribution in [1.82, 2.24) is 0 Å². The van der Waals surface area contributed by atoms with Gasteiger partial charge in [0.2, 0.25) is 0 Å². The molecule has 0 saturated heterocycles. The van der Waals surface area contributed by atoms with Crippen molar-refractivity contribution in [2.24, 2.45) is 0 Å². The Balaban J connectivity index is 2.49. The molecule has 0 aromatic heterocycles. The molecule has 19 heavy (non-hydrogen) atoms. The Morgan fingerprint density at radius 2 is 1.79 bits per heavy atom. The minimum Gasteiger partial charge on any atom is -0.396 e. The van der Waals surface area contributed by atoms with Crippen LogP contribution in [0, 0.1) is 19.7 Å². The van der Waals surface area contributed by atoms with E-state index in [1.807, 2.05) is 13.8 Å². The van der Waals surface area contributed by atoms with Gasteiger partial charge in [-0.15, -0.1) is 0 Å². The highest BCUT2D eigenvalue weighted by Crippen LogP contribution is 2.24. The molecule has 0 unspecified atom stereocenters. The number of nitrogen functional groups attached to an aromatic ring is 1. The number of ketones is 1. The van der Waals surface area contributed by atoms with E-state index in [4.69, 9.17) is 17.3 Å². The fraction of sp³-hybridized carbons (Fsp3) is 0.133. The van der Waals surface area contributed by atoms with Crippen molar-refractivity contribution >= 4 is 23.1 Å². The fourth-order valence-electron chi connectivity index (χ4n) is 1.78. The van der Waals surface area contributed by atoms with Gasteiger partial charge in [-0.3, -0.25) is 4.79 Å². The second kappa shape index (κ2) is 5.02. The number of aryl methyl sites for hydroxylation is 2. The third-order valence-corrected chi connectivity index (χ3v) is 3.40. The topological polar surface area (TPSA) is 43.1 Å². The predicted octanol–water partition coefficient (Wildman–Crippen LogP) is 3.91. The van der Waals surface area contributed by atoms with E-state index >= 15 is 0 Å². The van der Waals surface area contributed by atoms with Crippen LogP contribution in [0.15, 0.2) is 30.3 Å². The molecule has 0 aliphatic carbocycles. The van der Waals surface area contributed by atoms with E-state index in [1.54, 1.807) is 12.1 Å². The van der Waals surface area contributed by atoms with E-state index in [9.17, 15) is 9.18 Å². The molecule has 0 atom stereocenters. The molecular weight excluding hydrogens is 265 g/mol. The molecule has 2 N–H and O–H groups in total. The summed E-state index contributed by atoms with van der Waals surface area (Å²) in [5.41, 5.74) is 7.97. The molecule has 0 bridgehead atoms.